The Hall–Kier alpha value is -1.95. The van der Waals surface area contributed by atoms with Gasteiger partial charge in [-0.1, -0.05) is 25.0 Å². The summed E-state index contributed by atoms with van der Waals surface area (Å²) in [5.74, 6) is -0.602. The van der Waals surface area contributed by atoms with Gasteiger partial charge in [-0.3, -0.25) is 9.59 Å². The summed E-state index contributed by atoms with van der Waals surface area (Å²) in [6.07, 6.45) is 3.52. The first-order chi connectivity index (χ1) is 11.6. The zero-order chi connectivity index (χ0) is 17.1. The van der Waals surface area contributed by atoms with Crippen LogP contribution >= 0.6 is 0 Å². The summed E-state index contributed by atoms with van der Waals surface area (Å²) < 4.78 is 18.9. The van der Waals surface area contributed by atoms with E-state index in [9.17, 15) is 14.0 Å². The quantitative estimate of drug-likeness (QED) is 0.832. The molecule has 0 N–H and O–H groups in total. The molecule has 6 heteroatoms. The van der Waals surface area contributed by atoms with Crippen LogP contribution in [0, 0.1) is 5.82 Å². The molecular formula is C18H23FN2O3. The van der Waals surface area contributed by atoms with Crippen LogP contribution in [-0.2, 0) is 14.3 Å². The highest BCUT2D eigenvalue weighted by molar-refractivity contribution is 5.86. The van der Waals surface area contributed by atoms with Crippen molar-refractivity contribution in [2.45, 2.75) is 37.8 Å². The Balaban J connectivity index is 1.86. The third-order valence-electron chi connectivity index (χ3n) is 4.86. The van der Waals surface area contributed by atoms with Crippen LogP contribution in [0.3, 0.4) is 0 Å². The van der Waals surface area contributed by atoms with Gasteiger partial charge in [0.25, 0.3) is 5.91 Å². The van der Waals surface area contributed by atoms with Gasteiger partial charge in [0.05, 0.1) is 6.04 Å². The predicted molar refractivity (Wildman–Crippen MR) is 86.7 cm³/mol. The van der Waals surface area contributed by atoms with Crippen LogP contribution in [0.4, 0.5) is 4.39 Å². The molecule has 0 aromatic heterocycles. The van der Waals surface area contributed by atoms with Crippen molar-refractivity contribution in [1.82, 2.24) is 9.80 Å². The number of nitrogens with zero attached hydrogens (tertiary/aromatic N) is 2. The maximum absolute atomic E-state index is 13.2. The van der Waals surface area contributed by atoms with E-state index >= 15 is 0 Å². The third kappa shape index (κ3) is 3.43. The average molecular weight is 334 g/mol. The zero-order valence-corrected chi connectivity index (χ0v) is 13.9. The number of carbonyl (C=O) groups is 2. The van der Waals surface area contributed by atoms with E-state index in [-0.39, 0.29) is 24.2 Å². The molecule has 2 atom stereocenters. The van der Waals surface area contributed by atoms with E-state index in [4.69, 9.17) is 4.74 Å². The maximum Gasteiger partial charge on any atom is 0.254 e. The first-order valence-corrected chi connectivity index (χ1v) is 8.49. The number of hydrogen-bond donors (Lipinski definition) is 0. The predicted octanol–water partition coefficient (Wildman–Crippen LogP) is 2.13. The molecule has 0 bridgehead atoms. The summed E-state index contributed by atoms with van der Waals surface area (Å²) in [6, 6.07) is 5.39. The molecule has 2 aliphatic rings. The minimum absolute atomic E-state index is 0.0782. The van der Waals surface area contributed by atoms with Crippen molar-refractivity contribution in [3.63, 3.8) is 0 Å². The Morgan fingerprint density at radius 2 is 1.75 bits per heavy atom. The fraction of sp³-hybridized carbons (Fsp3) is 0.556. The molecule has 0 unspecified atom stereocenters. The second-order valence-electron chi connectivity index (χ2n) is 6.47. The molecule has 1 aromatic rings. The highest BCUT2D eigenvalue weighted by Gasteiger charge is 2.41. The SMILES string of the molecule is CN1C(=O)CO[C@@H](C(=O)N2CCCCCC2)[C@H]1c1ccc(F)cc1. The standard InChI is InChI=1S/C18H23FN2O3/c1-20-15(22)12-24-17(16(20)13-6-8-14(19)9-7-13)18(23)21-10-4-2-3-5-11-21/h6-9,16-17H,2-5,10-12H2,1H3/t16-,17-/m1/s1. The number of halogens is 1. The largest absolute Gasteiger partial charge is 0.356 e. The van der Waals surface area contributed by atoms with E-state index in [1.807, 2.05) is 4.90 Å². The van der Waals surface area contributed by atoms with Crippen LogP contribution < -0.4 is 0 Å². The van der Waals surface area contributed by atoms with Crippen molar-refractivity contribution in [3.8, 4) is 0 Å². The number of benzene rings is 1. The molecule has 0 radical (unpaired) electrons. The molecule has 2 saturated heterocycles. The van der Waals surface area contributed by atoms with Gasteiger partial charge in [-0.2, -0.15) is 0 Å². The van der Waals surface area contributed by atoms with Crippen LogP contribution in [-0.4, -0.2) is 54.5 Å². The summed E-state index contributed by atoms with van der Waals surface area (Å²) in [5, 5.41) is 0. The van der Waals surface area contributed by atoms with Gasteiger partial charge in [0, 0.05) is 20.1 Å². The summed E-state index contributed by atoms with van der Waals surface area (Å²) >= 11 is 0. The molecule has 0 saturated carbocycles. The Morgan fingerprint density at radius 1 is 1.12 bits per heavy atom. The van der Waals surface area contributed by atoms with Crippen LogP contribution in [0.15, 0.2) is 24.3 Å². The number of rotatable bonds is 2. The highest BCUT2D eigenvalue weighted by Crippen LogP contribution is 2.30. The van der Waals surface area contributed by atoms with E-state index < -0.39 is 12.1 Å². The van der Waals surface area contributed by atoms with Crippen molar-refractivity contribution < 1.29 is 18.7 Å². The molecule has 2 amide bonds. The minimum Gasteiger partial charge on any atom is -0.356 e. The molecule has 2 aliphatic heterocycles. The van der Waals surface area contributed by atoms with Crippen LogP contribution in [0.2, 0.25) is 0 Å². The third-order valence-corrected chi connectivity index (χ3v) is 4.86. The van der Waals surface area contributed by atoms with Crippen molar-refractivity contribution in [1.29, 1.82) is 0 Å². The number of morpholine rings is 1. The number of likely N-dealkylation sites (N-methyl/N-ethyl adjacent to an activating group) is 1. The van der Waals surface area contributed by atoms with Crippen molar-refractivity contribution in [2.24, 2.45) is 0 Å². The molecule has 130 valence electrons. The number of ether oxygens (including phenoxy) is 1. The molecule has 0 aliphatic carbocycles. The van der Waals surface area contributed by atoms with E-state index in [0.29, 0.717) is 5.56 Å². The first-order valence-electron chi connectivity index (χ1n) is 8.49. The molecule has 5 nitrogen and oxygen atoms in total. The molecule has 0 spiro atoms. The van der Waals surface area contributed by atoms with Gasteiger partial charge in [0.2, 0.25) is 5.91 Å². The Morgan fingerprint density at radius 3 is 2.38 bits per heavy atom. The second kappa shape index (κ2) is 7.30. The zero-order valence-electron chi connectivity index (χ0n) is 13.9. The molecule has 2 fully saturated rings. The van der Waals surface area contributed by atoms with Gasteiger partial charge in [-0.25, -0.2) is 4.39 Å². The number of likely N-dealkylation sites (tertiary alicyclic amines) is 1. The van der Waals surface area contributed by atoms with E-state index in [2.05, 4.69) is 0 Å². The average Bonchev–Trinajstić information content (AvgIpc) is 2.87. The van der Waals surface area contributed by atoms with Gasteiger partial charge in [-0.15, -0.1) is 0 Å². The van der Waals surface area contributed by atoms with Gasteiger partial charge in [0.15, 0.2) is 6.10 Å². The Labute approximate surface area is 141 Å². The normalized spacial score (nSPS) is 25.5. The smallest absolute Gasteiger partial charge is 0.254 e. The fourth-order valence-electron chi connectivity index (χ4n) is 3.45. The Kier molecular flexibility index (Phi) is 5.14. The minimum atomic E-state index is -0.740. The monoisotopic (exact) mass is 334 g/mol. The lowest BCUT2D eigenvalue weighted by atomic mass is 9.97. The molecule has 2 heterocycles. The summed E-state index contributed by atoms with van der Waals surface area (Å²) in [4.78, 5) is 28.4. The van der Waals surface area contributed by atoms with E-state index in [1.54, 1.807) is 19.2 Å². The first kappa shape index (κ1) is 16.9. The van der Waals surface area contributed by atoms with E-state index in [1.165, 1.54) is 17.0 Å². The molecule has 3 rings (SSSR count). The van der Waals surface area contributed by atoms with Crippen LogP contribution in [0.5, 0.6) is 0 Å². The van der Waals surface area contributed by atoms with Crippen molar-refractivity contribution in [2.75, 3.05) is 26.7 Å². The van der Waals surface area contributed by atoms with E-state index in [0.717, 1.165) is 38.8 Å². The van der Waals surface area contributed by atoms with Crippen molar-refractivity contribution >= 4 is 11.8 Å². The number of amides is 2. The highest BCUT2D eigenvalue weighted by atomic mass is 19.1. The lowest BCUT2D eigenvalue weighted by molar-refractivity contribution is -0.167. The number of carbonyl (C=O) groups excluding carboxylic acids is 2. The molecular weight excluding hydrogens is 311 g/mol. The maximum atomic E-state index is 13.2. The topological polar surface area (TPSA) is 49.9 Å². The lowest BCUT2D eigenvalue weighted by Crippen LogP contribution is -2.54. The van der Waals surface area contributed by atoms with Crippen LogP contribution in [0.25, 0.3) is 0 Å². The molecule has 1 aromatic carbocycles. The van der Waals surface area contributed by atoms with Gasteiger partial charge >= 0.3 is 0 Å². The summed E-state index contributed by atoms with van der Waals surface area (Å²) in [5.41, 5.74) is 0.708. The van der Waals surface area contributed by atoms with Gasteiger partial charge < -0.3 is 14.5 Å². The fourth-order valence-corrected chi connectivity index (χ4v) is 3.45. The molecule has 24 heavy (non-hydrogen) atoms. The van der Waals surface area contributed by atoms with Gasteiger partial charge in [-0.05, 0) is 30.5 Å². The summed E-state index contributed by atoms with van der Waals surface area (Å²) in [7, 11) is 1.67. The second-order valence-corrected chi connectivity index (χ2v) is 6.47. The number of hydrogen-bond acceptors (Lipinski definition) is 3. The van der Waals surface area contributed by atoms with Crippen LogP contribution in [0.1, 0.15) is 37.3 Å². The van der Waals surface area contributed by atoms with Gasteiger partial charge in [0.1, 0.15) is 12.4 Å². The van der Waals surface area contributed by atoms with Crippen molar-refractivity contribution in [3.05, 3.63) is 35.6 Å². The lowest BCUT2D eigenvalue weighted by Gasteiger charge is -2.40. The summed E-state index contributed by atoms with van der Waals surface area (Å²) in [6.45, 7) is 1.36. The Bertz CT molecular complexity index is 597.